The third kappa shape index (κ3) is 2.42. The second kappa shape index (κ2) is 5.60. The average Bonchev–Trinajstić information content (AvgIpc) is 3.21. The molecule has 1 N–H and O–H groups in total. The van der Waals surface area contributed by atoms with Crippen LogP contribution in [0.4, 0.5) is 5.69 Å². The number of hydrogen-bond donors (Lipinski definition) is 1. The zero-order valence-corrected chi connectivity index (χ0v) is 14.3. The van der Waals surface area contributed by atoms with E-state index < -0.39 is 4.92 Å². The van der Waals surface area contributed by atoms with Crippen LogP contribution in [0, 0.1) is 17.0 Å². The molecule has 3 heterocycles. The number of ether oxygens (including phenoxy) is 2. The number of aromatic nitrogens is 2. The highest BCUT2D eigenvalue weighted by molar-refractivity contribution is 5.73. The van der Waals surface area contributed by atoms with Gasteiger partial charge in [0.25, 0.3) is 5.69 Å². The van der Waals surface area contributed by atoms with Crippen LogP contribution in [0.1, 0.15) is 17.1 Å². The Hall–Kier alpha value is -3.81. The summed E-state index contributed by atoms with van der Waals surface area (Å²) in [7, 11) is 0. The maximum Gasteiger partial charge on any atom is 0.269 e. The summed E-state index contributed by atoms with van der Waals surface area (Å²) in [5.41, 5.74) is 5.99. The van der Waals surface area contributed by atoms with E-state index in [0.29, 0.717) is 11.5 Å². The van der Waals surface area contributed by atoms with Gasteiger partial charge in [-0.25, -0.2) is 9.66 Å². The number of hydrogen-bond acceptors (Lipinski definition) is 6. The van der Waals surface area contributed by atoms with Crippen molar-refractivity contribution in [3.05, 3.63) is 80.2 Å². The fourth-order valence-electron chi connectivity index (χ4n) is 3.28. The summed E-state index contributed by atoms with van der Waals surface area (Å²) in [6.45, 7) is 2.14. The summed E-state index contributed by atoms with van der Waals surface area (Å²) >= 11 is 0. The molecule has 3 aromatic rings. The number of nitrogens with one attached hydrogen (secondary N) is 1. The lowest BCUT2D eigenvalue weighted by Gasteiger charge is -2.14. The second-order valence-corrected chi connectivity index (χ2v) is 6.32. The Morgan fingerprint density at radius 2 is 1.93 bits per heavy atom. The normalized spacial score (nSPS) is 13.9. The number of rotatable bonds is 2. The zero-order valence-electron chi connectivity index (χ0n) is 14.3. The van der Waals surface area contributed by atoms with Crippen LogP contribution >= 0.6 is 0 Å². The molecular weight excluding hydrogens is 348 g/mol. The maximum atomic E-state index is 11.0. The number of nitro benzene ring substituents is 1. The molecular formula is C19H14N4O4. The molecule has 0 fully saturated rings. The summed E-state index contributed by atoms with van der Waals surface area (Å²) in [5, 5.41) is 12.8. The number of nitro groups is 1. The summed E-state index contributed by atoms with van der Waals surface area (Å²) in [6.07, 6.45) is 3.75. The van der Waals surface area contributed by atoms with E-state index in [9.17, 15) is 10.1 Å². The van der Waals surface area contributed by atoms with Crippen molar-refractivity contribution in [2.24, 2.45) is 0 Å². The van der Waals surface area contributed by atoms with Gasteiger partial charge in [-0.3, -0.25) is 15.5 Å². The molecule has 5 rings (SSSR count). The standard InChI is InChI=1S/C19H14N4O4/c1-11-9-20-18-7-13-6-16-17(27-10-26-16)8-15(13)19(21-22(11)18)12-2-4-14(5-3-12)23(24)25/h2-9,21H,10H2,1H3. The molecule has 0 radical (unpaired) electrons. The molecule has 1 aromatic heterocycles. The largest absolute Gasteiger partial charge is 0.454 e. The maximum absolute atomic E-state index is 11.0. The summed E-state index contributed by atoms with van der Waals surface area (Å²) in [4.78, 5) is 15.0. The van der Waals surface area contributed by atoms with E-state index in [0.717, 1.165) is 33.2 Å². The first-order valence-corrected chi connectivity index (χ1v) is 8.32. The van der Waals surface area contributed by atoms with Crippen molar-refractivity contribution in [2.45, 2.75) is 6.92 Å². The van der Waals surface area contributed by atoms with E-state index in [1.165, 1.54) is 12.1 Å². The smallest absolute Gasteiger partial charge is 0.269 e. The van der Waals surface area contributed by atoms with Crippen LogP contribution < -0.4 is 25.3 Å². The first kappa shape index (κ1) is 15.4. The fourth-order valence-corrected chi connectivity index (χ4v) is 3.28. The highest BCUT2D eigenvalue weighted by atomic mass is 16.7. The molecule has 0 atom stereocenters. The highest BCUT2D eigenvalue weighted by Gasteiger charge is 2.19. The molecule has 0 unspecified atom stereocenters. The third-order valence-electron chi connectivity index (χ3n) is 4.65. The predicted molar refractivity (Wildman–Crippen MR) is 97.3 cm³/mol. The Morgan fingerprint density at radius 3 is 2.67 bits per heavy atom. The van der Waals surface area contributed by atoms with Crippen LogP contribution in [0.3, 0.4) is 0 Å². The molecule has 0 amide bonds. The van der Waals surface area contributed by atoms with Crippen LogP contribution in [-0.2, 0) is 0 Å². The van der Waals surface area contributed by atoms with Crippen LogP contribution in [0.5, 0.6) is 11.5 Å². The Balaban J connectivity index is 1.80. The summed E-state index contributed by atoms with van der Waals surface area (Å²) in [5.74, 6) is 2.11. The van der Waals surface area contributed by atoms with E-state index in [1.54, 1.807) is 18.3 Å². The van der Waals surface area contributed by atoms with Crippen LogP contribution in [-0.4, -0.2) is 21.4 Å². The van der Waals surface area contributed by atoms with Crippen molar-refractivity contribution in [2.75, 3.05) is 12.2 Å². The number of aryl methyl sites for hydroxylation is 1. The number of non-ortho nitro benzene ring substituents is 1. The minimum atomic E-state index is -0.410. The molecule has 0 bridgehead atoms. The van der Waals surface area contributed by atoms with Gasteiger partial charge in [-0.2, -0.15) is 0 Å². The fraction of sp³-hybridized carbons (Fsp3) is 0.105. The summed E-state index contributed by atoms with van der Waals surface area (Å²) < 4.78 is 12.9. The Labute approximate surface area is 153 Å². The number of benzene rings is 2. The number of fused-ring (bicyclic) bond motifs is 3. The van der Waals surface area contributed by atoms with Gasteiger partial charge < -0.3 is 9.47 Å². The number of nitrogens with zero attached hydrogens (tertiary/aromatic N) is 3. The molecule has 0 saturated carbocycles. The van der Waals surface area contributed by atoms with Gasteiger partial charge in [-0.05, 0) is 42.5 Å². The van der Waals surface area contributed by atoms with Crippen LogP contribution in [0.2, 0.25) is 0 Å². The van der Waals surface area contributed by atoms with Gasteiger partial charge in [0.15, 0.2) is 17.3 Å². The Bertz CT molecular complexity index is 1210. The van der Waals surface area contributed by atoms with Gasteiger partial charge >= 0.3 is 0 Å². The monoisotopic (exact) mass is 362 g/mol. The first-order chi connectivity index (χ1) is 13.1. The minimum absolute atomic E-state index is 0.0462. The SMILES string of the molecule is Cc1cnc2n1NC(c1ccc([N+](=O)[O-])cc1)=c1cc3c(cc1=C2)OCO3. The molecule has 0 spiro atoms. The van der Waals surface area contributed by atoms with Crippen molar-refractivity contribution in [3.8, 4) is 11.5 Å². The molecule has 134 valence electrons. The molecule has 0 saturated heterocycles. The molecule has 2 aliphatic heterocycles. The highest BCUT2D eigenvalue weighted by Crippen LogP contribution is 2.29. The Morgan fingerprint density at radius 1 is 1.19 bits per heavy atom. The van der Waals surface area contributed by atoms with Crippen molar-refractivity contribution in [1.82, 2.24) is 9.66 Å². The first-order valence-electron chi connectivity index (χ1n) is 8.32. The van der Waals surface area contributed by atoms with Gasteiger partial charge in [-0.1, -0.05) is 0 Å². The van der Waals surface area contributed by atoms with Crippen LogP contribution in [0.25, 0.3) is 11.8 Å². The minimum Gasteiger partial charge on any atom is -0.454 e. The molecule has 0 aliphatic carbocycles. The molecule has 8 nitrogen and oxygen atoms in total. The lowest BCUT2D eigenvalue weighted by atomic mass is 10.1. The van der Waals surface area contributed by atoms with E-state index in [2.05, 4.69) is 10.4 Å². The van der Waals surface area contributed by atoms with E-state index in [-0.39, 0.29) is 12.5 Å². The zero-order chi connectivity index (χ0) is 18.5. The van der Waals surface area contributed by atoms with Crippen LogP contribution in [0.15, 0.2) is 42.6 Å². The molecule has 27 heavy (non-hydrogen) atoms. The van der Waals surface area contributed by atoms with Crippen molar-refractivity contribution in [3.63, 3.8) is 0 Å². The van der Waals surface area contributed by atoms with Crippen molar-refractivity contribution < 1.29 is 14.4 Å². The van der Waals surface area contributed by atoms with Gasteiger partial charge in [0.05, 0.1) is 22.5 Å². The second-order valence-electron chi connectivity index (χ2n) is 6.32. The third-order valence-corrected chi connectivity index (χ3v) is 4.65. The predicted octanol–water partition coefficient (Wildman–Crippen LogP) is 1.37. The molecule has 8 heteroatoms. The van der Waals surface area contributed by atoms with E-state index in [1.807, 2.05) is 29.8 Å². The van der Waals surface area contributed by atoms with Gasteiger partial charge in [0.1, 0.15) is 0 Å². The van der Waals surface area contributed by atoms with Crippen molar-refractivity contribution >= 4 is 17.5 Å². The lowest BCUT2D eigenvalue weighted by Crippen LogP contribution is -2.29. The molecule has 2 aliphatic rings. The average molecular weight is 362 g/mol. The number of imidazole rings is 1. The van der Waals surface area contributed by atoms with Gasteiger partial charge in [0, 0.05) is 22.9 Å². The topological polar surface area (TPSA) is 91.5 Å². The van der Waals surface area contributed by atoms with E-state index in [4.69, 9.17) is 9.47 Å². The van der Waals surface area contributed by atoms with Gasteiger partial charge in [0.2, 0.25) is 6.79 Å². The molecule has 2 aromatic carbocycles. The van der Waals surface area contributed by atoms with Crippen molar-refractivity contribution in [1.29, 1.82) is 0 Å². The quantitative estimate of drug-likeness (QED) is 0.547. The lowest BCUT2D eigenvalue weighted by molar-refractivity contribution is -0.384. The summed E-state index contributed by atoms with van der Waals surface area (Å²) in [6, 6.07) is 10.3. The Kier molecular flexibility index (Phi) is 3.20. The van der Waals surface area contributed by atoms with Gasteiger partial charge in [-0.15, -0.1) is 0 Å². The van der Waals surface area contributed by atoms with E-state index >= 15 is 0 Å².